The third-order valence-electron chi connectivity index (χ3n) is 5.05. The Morgan fingerprint density at radius 2 is 1.77 bits per heavy atom. The predicted molar refractivity (Wildman–Crippen MR) is 97.5 cm³/mol. The number of amides is 2. The molecule has 2 aromatic rings. The van der Waals surface area contributed by atoms with Gasteiger partial charge in [-0.15, -0.1) is 0 Å². The van der Waals surface area contributed by atoms with Gasteiger partial charge in [0.25, 0.3) is 0 Å². The van der Waals surface area contributed by atoms with Crippen LogP contribution in [0.1, 0.15) is 18.4 Å². The summed E-state index contributed by atoms with van der Waals surface area (Å²) in [6, 6.07) is 13.6. The van der Waals surface area contributed by atoms with Crippen LogP contribution < -0.4 is 10.6 Å². The van der Waals surface area contributed by atoms with E-state index < -0.39 is 17.3 Å². The number of hydrogen-bond acceptors (Lipinski definition) is 3. The predicted octanol–water partition coefficient (Wildman–Crippen LogP) is 1.73. The molecule has 1 aliphatic rings. The van der Waals surface area contributed by atoms with Crippen molar-refractivity contribution in [2.45, 2.75) is 19.3 Å². The van der Waals surface area contributed by atoms with Gasteiger partial charge in [0.15, 0.2) is 0 Å². The minimum atomic E-state index is -1.02. The molecule has 1 aliphatic carbocycles. The van der Waals surface area contributed by atoms with Crippen LogP contribution in [0.2, 0.25) is 0 Å². The molecule has 0 saturated heterocycles. The van der Waals surface area contributed by atoms with Crippen molar-refractivity contribution < 1.29 is 19.5 Å². The van der Waals surface area contributed by atoms with E-state index >= 15 is 0 Å². The van der Waals surface area contributed by atoms with E-state index in [0.717, 1.165) is 16.3 Å². The van der Waals surface area contributed by atoms with Crippen molar-refractivity contribution in [1.82, 2.24) is 10.6 Å². The molecule has 0 spiro atoms. The Morgan fingerprint density at radius 1 is 1.08 bits per heavy atom. The van der Waals surface area contributed by atoms with E-state index in [2.05, 4.69) is 10.6 Å². The molecular weight excluding hydrogens is 332 g/mol. The van der Waals surface area contributed by atoms with E-state index in [4.69, 9.17) is 0 Å². The minimum Gasteiger partial charge on any atom is -0.481 e. The van der Waals surface area contributed by atoms with E-state index in [-0.39, 0.29) is 18.4 Å². The highest BCUT2D eigenvalue weighted by Gasteiger charge is 2.56. The Balaban J connectivity index is 1.71. The summed E-state index contributed by atoms with van der Waals surface area (Å²) in [4.78, 5) is 35.9. The van der Waals surface area contributed by atoms with Crippen molar-refractivity contribution in [3.8, 4) is 0 Å². The molecule has 3 rings (SSSR count). The van der Waals surface area contributed by atoms with Crippen molar-refractivity contribution in [3.05, 3.63) is 48.0 Å². The number of rotatable bonds is 7. The summed E-state index contributed by atoms with van der Waals surface area (Å²) in [5, 5.41) is 16.8. The molecule has 3 N–H and O–H groups in total. The molecule has 2 aromatic carbocycles. The van der Waals surface area contributed by atoms with Gasteiger partial charge in [0.05, 0.1) is 5.92 Å². The van der Waals surface area contributed by atoms with Crippen molar-refractivity contribution in [1.29, 1.82) is 0 Å². The number of benzene rings is 2. The molecule has 26 heavy (non-hydrogen) atoms. The maximum atomic E-state index is 12.4. The van der Waals surface area contributed by atoms with Crippen LogP contribution in [0.5, 0.6) is 0 Å². The van der Waals surface area contributed by atoms with Gasteiger partial charge < -0.3 is 15.7 Å². The topological polar surface area (TPSA) is 95.5 Å². The number of aliphatic carboxylic acids is 1. The molecule has 136 valence electrons. The van der Waals surface area contributed by atoms with Crippen LogP contribution >= 0.6 is 0 Å². The van der Waals surface area contributed by atoms with Crippen LogP contribution in [0, 0.1) is 11.3 Å². The number of nitrogens with one attached hydrogen (secondary N) is 2. The van der Waals surface area contributed by atoms with Gasteiger partial charge in [-0.1, -0.05) is 42.5 Å². The number of carbonyl (C=O) groups excluding carboxylic acids is 2. The molecule has 1 fully saturated rings. The smallest absolute Gasteiger partial charge is 0.308 e. The summed E-state index contributed by atoms with van der Waals surface area (Å²) in [6.45, 7) is -0.00384. The van der Waals surface area contributed by atoms with Crippen molar-refractivity contribution >= 4 is 28.6 Å². The molecular formula is C20H22N2O4. The van der Waals surface area contributed by atoms with Gasteiger partial charge >= 0.3 is 5.97 Å². The second-order valence-corrected chi connectivity index (χ2v) is 6.75. The standard InChI is InChI=1S/C20H22N2O4/c1-21-18(25)20(9-10-20)19(26)22-12-15(17(23)24)11-14-7-4-6-13-5-2-3-8-16(13)14/h2-8,15H,9-12H2,1H3,(H,21,25)(H,22,26)(H,23,24). The third kappa shape index (κ3) is 3.40. The van der Waals surface area contributed by atoms with Crippen LogP contribution in [0.3, 0.4) is 0 Å². The van der Waals surface area contributed by atoms with Gasteiger partial charge in [-0.3, -0.25) is 14.4 Å². The fourth-order valence-electron chi connectivity index (χ4n) is 3.29. The fourth-order valence-corrected chi connectivity index (χ4v) is 3.29. The largest absolute Gasteiger partial charge is 0.481 e. The number of carboxylic acids is 1. The first-order valence-electron chi connectivity index (χ1n) is 8.68. The van der Waals surface area contributed by atoms with Gasteiger partial charge in [0.1, 0.15) is 5.41 Å². The lowest BCUT2D eigenvalue weighted by atomic mass is 9.94. The van der Waals surface area contributed by atoms with Crippen molar-refractivity contribution in [3.63, 3.8) is 0 Å². The Bertz CT molecular complexity index is 853. The molecule has 0 radical (unpaired) electrons. The van der Waals surface area contributed by atoms with Gasteiger partial charge in [-0.25, -0.2) is 0 Å². The maximum absolute atomic E-state index is 12.4. The van der Waals surface area contributed by atoms with E-state index in [0.29, 0.717) is 19.3 Å². The average molecular weight is 354 g/mol. The van der Waals surface area contributed by atoms with Crippen LogP contribution in [0.25, 0.3) is 10.8 Å². The monoisotopic (exact) mass is 354 g/mol. The zero-order valence-corrected chi connectivity index (χ0v) is 14.6. The molecule has 0 bridgehead atoms. The average Bonchev–Trinajstić information content (AvgIpc) is 3.46. The van der Waals surface area contributed by atoms with Crippen molar-refractivity contribution in [2.24, 2.45) is 11.3 Å². The van der Waals surface area contributed by atoms with Crippen LogP contribution in [0.4, 0.5) is 0 Å². The summed E-state index contributed by atoms with van der Waals surface area (Å²) >= 11 is 0. The summed E-state index contributed by atoms with van der Waals surface area (Å²) in [7, 11) is 1.50. The lowest BCUT2D eigenvalue weighted by Gasteiger charge is -2.18. The van der Waals surface area contributed by atoms with Gasteiger partial charge in [0, 0.05) is 13.6 Å². The molecule has 2 amide bonds. The Hall–Kier alpha value is -2.89. The molecule has 0 aliphatic heterocycles. The quantitative estimate of drug-likeness (QED) is 0.660. The Labute approximate surface area is 151 Å². The van der Waals surface area contributed by atoms with Crippen LogP contribution in [0.15, 0.2) is 42.5 Å². The third-order valence-corrected chi connectivity index (χ3v) is 5.05. The summed E-state index contributed by atoms with van der Waals surface area (Å²) in [5.41, 5.74) is -0.0887. The zero-order valence-electron chi connectivity index (χ0n) is 14.6. The molecule has 6 heteroatoms. The summed E-state index contributed by atoms with van der Waals surface area (Å²) < 4.78 is 0. The highest BCUT2D eigenvalue weighted by atomic mass is 16.4. The Kier molecular flexibility index (Phi) is 4.93. The fraction of sp³-hybridized carbons (Fsp3) is 0.350. The normalized spacial score (nSPS) is 15.9. The van der Waals surface area contributed by atoms with Gasteiger partial charge in [0.2, 0.25) is 11.8 Å². The highest BCUT2D eigenvalue weighted by molar-refractivity contribution is 6.07. The lowest BCUT2D eigenvalue weighted by Crippen LogP contribution is -2.44. The number of carbonyl (C=O) groups is 3. The lowest BCUT2D eigenvalue weighted by molar-refractivity contribution is -0.141. The minimum absolute atomic E-state index is 0.00384. The molecule has 1 unspecified atom stereocenters. The number of hydrogen-bond donors (Lipinski definition) is 3. The first-order valence-corrected chi connectivity index (χ1v) is 8.68. The van der Waals surface area contributed by atoms with Crippen molar-refractivity contribution in [2.75, 3.05) is 13.6 Å². The number of carboxylic acid groups (broad SMARTS) is 1. The van der Waals surface area contributed by atoms with Gasteiger partial charge in [-0.05, 0) is 35.6 Å². The van der Waals surface area contributed by atoms with Gasteiger partial charge in [-0.2, -0.15) is 0 Å². The number of fused-ring (bicyclic) bond motifs is 1. The van der Waals surface area contributed by atoms with Crippen LogP contribution in [-0.2, 0) is 20.8 Å². The van der Waals surface area contributed by atoms with E-state index in [1.165, 1.54) is 7.05 Å². The second kappa shape index (κ2) is 7.15. The second-order valence-electron chi connectivity index (χ2n) is 6.75. The first-order chi connectivity index (χ1) is 12.5. The molecule has 6 nitrogen and oxygen atoms in total. The molecule has 0 aromatic heterocycles. The zero-order chi connectivity index (χ0) is 18.7. The molecule has 1 atom stereocenters. The van der Waals surface area contributed by atoms with E-state index in [9.17, 15) is 19.5 Å². The molecule has 1 saturated carbocycles. The highest BCUT2D eigenvalue weighted by Crippen LogP contribution is 2.46. The van der Waals surface area contributed by atoms with E-state index in [1.54, 1.807) is 0 Å². The molecule has 0 heterocycles. The Morgan fingerprint density at radius 3 is 2.42 bits per heavy atom. The first kappa shape index (κ1) is 17.9. The summed E-state index contributed by atoms with van der Waals surface area (Å²) in [5.74, 6) is -2.43. The van der Waals surface area contributed by atoms with E-state index in [1.807, 2.05) is 42.5 Å². The summed E-state index contributed by atoms with van der Waals surface area (Å²) in [6.07, 6.45) is 1.31. The SMILES string of the molecule is CNC(=O)C1(C(=O)NCC(Cc2cccc3ccccc23)C(=O)O)CC1. The maximum Gasteiger partial charge on any atom is 0.308 e. The van der Waals surface area contributed by atoms with Crippen LogP contribution in [-0.4, -0.2) is 36.5 Å².